The molecule has 0 saturated heterocycles. The van der Waals surface area contributed by atoms with Crippen LogP contribution in [0.2, 0.25) is 0 Å². The van der Waals surface area contributed by atoms with E-state index >= 15 is 0 Å². The lowest BCUT2D eigenvalue weighted by Gasteiger charge is -2.24. The molecule has 16 heteroatoms. The van der Waals surface area contributed by atoms with E-state index in [1.54, 1.807) is 0 Å². The Morgan fingerprint density at radius 2 is 1.08 bits per heavy atom. The van der Waals surface area contributed by atoms with Crippen molar-refractivity contribution in [3.63, 3.8) is 0 Å². The smallest absolute Gasteiger partial charge is 0.383 e. The summed E-state index contributed by atoms with van der Waals surface area (Å²) in [6, 6.07) is 0. The quantitative estimate of drug-likeness (QED) is 0.0446. The number of alkyl halides is 4. The van der Waals surface area contributed by atoms with Gasteiger partial charge in [-0.2, -0.15) is 17.6 Å². The molecule has 0 saturated carbocycles. The lowest BCUT2D eigenvalue weighted by molar-refractivity contribution is -0.396. The molecule has 0 aliphatic heterocycles. The molecule has 0 spiro atoms. The van der Waals surface area contributed by atoms with Crippen LogP contribution in [-0.2, 0) is 37.9 Å². The number of halogens is 4. The first-order valence-electron chi connectivity index (χ1n) is 11.3. The summed E-state index contributed by atoms with van der Waals surface area (Å²) in [6.07, 6.45) is -10.5. The van der Waals surface area contributed by atoms with Gasteiger partial charge in [0.1, 0.15) is 38.3 Å². The summed E-state index contributed by atoms with van der Waals surface area (Å²) >= 11 is 0. The molecule has 0 aliphatic rings. The van der Waals surface area contributed by atoms with Crippen LogP contribution in [-0.4, -0.2) is 144 Å². The van der Waals surface area contributed by atoms with E-state index in [-0.39, 0.29) is 66.1 Å². The van der Waals surface area contributed by atoms with Gasteiger partial charge in [-0.1, -0.05) is 6.08 Å². The third-order valence-corrected chi connectivity index (χ3v) is 3.71. The van der Waals surface area contributed by atoms with Crippen molar-refractivity contribution in [1.29, 1.82) is 0 Å². The molecule has 222 valence electrons. The Labute approximate surface area is 212 Å². The van der Waals surface area contributed by atoms with Gasteiger partial charge in [-0.3, -0.25) is 4.74 Å². The van der Waals surface area contributed by atoms with Gasteiger partial charge >= 0.3 is 12.2 Å². The predicted molar refractivity (Wildman–Crippen MR) is 117 cm³/mol. The number of aliphatic hydroxyl groups is 4. The highest BCUT2D eigenvalue weighted by molar-refractivity contribution is 4.65. The SMILES string of the molecule is C=CCOCC(O)COCC(O)COCC(F)(F)OC(F)(F)COCOCCOCC(O)COCCO. The van der Waals surface area contributed by atoms with Crippen LogP contribution in [0.1, 0.15) is 0 Å². The van der Waals surface area contributed by atoms with Crippen LogP contribution in [0.3, 0.4) is 0 Å². The molecule has 12 nitrogen and oxygen atoms in total. The van der Waals surface area contributed by atoms with Crippen LogP contribution in [0.25, 0.3) is 0 Å². The monoisotopic (exact) mass is 558 g/mol. The van der Waals surface area contributed by atoms with Gasteiger partial charge < -0.3 is 53.6 Å². The van der Waals surface area contributed by atoms with Crippen LogP contribution < -0.4 is 0 Å². The molecule has 0 heterocycles. The molecular weight excluding hydrogens is 520 g/mol. The van der Waals surface area contributed by atoms with E-state index in [0.29, 0.717) is 0 Å². The van der Waals surface area contributed by atoms with E-state index in [4.69, 9.17) is 28.8 Å². The minimum Gasteiger partial charge on any atom is -0.394 e. The fourth-order valence-electron chi connectivity index (χ4n) is 2.26. The van der Waals surface area contributed by atoms with Crippen LogP contribution in [0.5, 0.6) is 0 Å². The Bertz CT molecular complexity index is 548. The second-order valence-electron chi connectivity index (χ2n) is 7.46. The van der Waals surface area contributed by atoms with E-state index in [1.807, 2.05) is 0 Å². The fourth-order valence-corrected chi connectivity index (χ4v) is 2.26. The van der Waals surface area contributed by atoms with Crippen LogP contribution in [0.4, 0.5) is 17.6 Å². The Hall–Kier alpha value is -1.02. The van der Waals surface area contributed by atoms with Crippen molar-refractivity contribution in [3.8, 4) is 0 Å². The highest BCUT2D eigenvalue weighted by Gasteiger charge is 2.44. The topological polar surface area (TPSA) is 155 Å². The number of ether oxygens (including phenoxy) is 8. The molecule has 0 radical (unpaired) electrons. The summed E-state index contributed by atoms with van der Waals surface area (Å²) in [5.41, 5.74) is 0. The molecule has 4 N–H and O–H groups in total. The molecule has 0 aromatic heterocycles. The van der Waals surface area contributed by atoms with Gasteiger partial charge in [-0.15, -0.1) is 6.58 Å². The van der Waals surface area contributed by atoms with Gasteiger partial charge in [0, 0.05) is 0 Å². The van der Waals surface area contributed by atoms with Crippen LogP contribution >= 0.6 is 0 Å². The lowest BCUT2D eigenvalue weighted by Crippen LogP contribution is -2.40. The summed E-state index contributed by atoms with van der Waals surface area (Å²) in [5.74, 6) is 0. The van der Waals surface area contributed by atoms with Gasteiger partial charge in [0.15, 0.2) is 0 Å². The van der Waals surface area contributed by atoms with Crippen LogP contribution in [0, 0.1) is 0 Å². The van der Waals surface area contributed by atoms with Crippen molar-refractivity contribution < 1.29 is 75.9 Å². The van der Waals surface area contributed by atoms with E-state index in [9.17, 15) is 32.9 Å². The molecule has 3 unspecified atom stereocenters. The Morgan fingerprint density at radius 1 is 0.622 bits per heavy atom. The molecule has 0 bridgehead atoms. The Balaban J connectivity index is 3.87. The molecule has 0 aromatic carbocycles. The summed E-state index contributed by atoms with van der Waals surface area (Å²) in [5, 5.41) is 37.1. The minimum atomic E-state index is -4.39. The maximum atomic E-state index is 13.6. The summed E-state index contributed by atoms with van der Waals surface area (Å²) in [6.45, 7) is -1.67. The minimum absolute atomic E-state index is 0.00958. The number of hydrogen-bond donors (Lipinski definition) is 4. The van der Waals surface area contributed by atoms with E-state index in [2.05, 4.69) is 20.8 Å². The zero-order chi connectivity index (χ0) is 28.0. The Morgan fingerprint density at radius 3 is 1.65 bits per heavy atom. The number of rotatable bonds is 27. The standard InChI is InChI=1S/C21H38F4O12/c1-2-4-30-8-18(28)11-34-12-19(29)13-35-14-20(22,23)37-21(24,25)15-36-16-33-7-6-32-10-17(27)9-31-5-3-26/h2,17-19,26-29H,1,3-16H2. The molecular formula is C21H38F4O12. The molecule has 0 fully saturated rings. The third-order valence-electron chi connectivity index (χ3n) is 3.71. The highest BCUT2D eigenvalue weighted by atomic mass is 19.3. The van der Waals surface area contributed by atoms with Crippen LogP contribution in [0.15, 0.2) is 12.7 Å². The first kappa shape index (κ1) is 36.0. The first-order chi connectivity index (χ1) is 17.5. The lowest BCUT2D eigenvalue weighted by atomic mass is 10.4. The molecule has 0 aromatic rings. The molecule has 0 rings (SSSR count). The normalized spacial score (nSPS) is 15.0. The van der Waals surface area contributed by atoms with Crippen molar-refractivity contribution >= 4 is 0 Å². The maximum absolute atomic E-state index is 13.6. The van der Waals surface area contributed by atoms with Gasteiger partial charge in [-0.05, 0) is 0 Å². The van der Waals surface area contributed by atoms with Gasteiger partial charge in [-0.25, -0.2) is 0 Å². The second kappa shape index (κ2) is 21.9. The highest BCUT2D eigenvalue weighted by Crippen LogP contribution is 2.27. The van der Waals surface area contributed by atoms with Crippen molar-refractivity contribution in [2.24, 2.45) is 0 Å². The average molecular weight is 559 g/mol. The summed E-state index contributed by atoms with van der Waals surface area (Å²) < 4.78 is 91.5. The summed E-state index contributed by atoms with van der Waals surface area (Å²) in [4.78, 5) is 0. The summed E-state index contributed by atoms with van der Waals surface area (Å²) in [7, 11) is 0. The zero-order valence-corrected chi connectivity index (χ0v) is 20.5. The molecule has 37 heavy (non-hydrogen) atoms. The third kappa shape index (κ3) is 23.8. The first-order valence-corrected chi connectivity index (χ1v) is 11.3. The van der Waals surface area contributed by atoms with Gasteiger partial charge in [0.2, 0.25) is 0 Å². The Kier molecular flexibility index (Phi) is 21.3. The molecule has 0 aliphatic carbocycles. The van der Waals surface area contributed by atoms with Crippen molar-refractivity contribution in [2.45, 2.75) is 30.5 Å². The zero-order valence-electron chi connectivity index (χ0n) is 20.5. The largest absolute Gasteiger partial charge is 0.394 e. The molecule has 0 amide bonds. The van der Waals surface area contributed by atoms with Gasteiger partial charge in [0.05, 0.1) is 72.7 Å². The van der Waals surface area contributed by atoms with E-state index in [1.165, 1.54) is 6.08 Å². The predicted octanol–water partition coefficient (Wildman–Crippen LogP) is -0.477. The fraction of sp³-hybridized carbons (Fsp3) is 0.905. The number of hydrogen-bond acceptors (Lipinski definition) is 12. The van der Waals surface area contributed by atoms with Crippen molar-refractivity contribution in [3.05, 3.63) is 12.7 Å². The van der Waals surface area contributed by atoms with E-state index < -0.39 is 57.1 Å². The van der Waals surface area contributed by atoms with Gasteiger partial charge in [0.25, 0.3) is 0 Å². The van der Waals surface area contributed by atoms with E-state index in [0.717, 1.165) is 0 Å². The second-order valence-corrected chi connectivity index (χ2v) is 7.46. The number of aliphatic hydroxyl groups excluding tert-OH is 4. The maximum Gasteiger partial charge on any atom is 0.383 e. The average Bonchev–Trinajstić information content (AvgIpc) is 2.80. The van der Waals surface area contributed by atoms with Crippen molar-refractivity contribution in [2.75, 3.05) is 92.7 Å². The molecule has 3 atom stereocenters. The van der Waals surface area contributed by atoms with Crippen molar-refractivity contribution in [1.82, 2.24) is 0 Å².